The number of hydrogen-bond acceptors (Lipinski definition) is 3. The molecule has 1 unspecified atom stereocenters. The molecular formula is C17H25NO3. The first kappa shape index (κ1) is 16.0. The Morgan fingerprint density at radius 2 is 2.00 bits per heavy atom. The van der Waals surface area contributed by atoms with Crippen molar-refractivity contribution in [3.8, 4) is 0 Å². The van der Waals surface area contributed by atoms with Crippen LogP contribution in [0.5, 0.6) is 0 Å². The van der Waals surface area contributed by atoms with E-state index in [4.69, 9.17) is 4.74 Å². The number of ether oxygens (including phenoxy) is 1. The van der Waals surface area contributed by atoms with E-state index in [9.17, 15) is 9.90 Å². The lowest BCUT2D eigenvalue weighted by molar-refractivity contribution is -0.151. The summed E-state index contributed by atoms with van der Waals surface area (Å²) in [6.45, 7) is 8.68. The molecule has 0 aromatic heterocycles. The molecule has 4 nitrogen and oxygen atoms in total. The first-order valence-electron chi connectivity index (χ1n) is 7.43. The van der Waals surface area contributed by atoms with Gasteiger partial charge in [0.25, 0.3) is 0 Å². The molecule has 1 atom stereocenters. The van der Waals surface area contributed by atoms with Crippen LogP contribution in [0.3, 0.4) is 0 Å². The van der Waals surface area contributed by atoms with Gasteiger partial charge in [-0.1, -0.05) is 24.3 Å². The topological polar surface area (TPSA) is 58.6 Å². The van der Waals surface area contributed by atoms with E-state index < -0.39 is 16.9 Å². The number of carboxylic acid groups (broad SMARTS) is 1. The molecule has 0 saturated carbocycles. The molecule has 1 heterocycles. The molecule has 1 aliphatic heterocycles. The van der Waals surface area contributed by atoms with Gasteiger partial charge in [0.1, 0.15) is 0 Å². The SMILES string of the molecule is CC(C)(NCC1OCCc2ccccc21)C(C)(C)C(=O)O. The second-order valence-corrected chi connectivity index (χ2v) is 6.74. The van der Waals surface area contributed by atoms with Gasteiger partial charge in [0.15, 0.2) is 0 Å². The van der Waals surface area contributed by atoms with Crippen LogP contribution in [0.15, 0.2) is 24.3 Å². The van der Waals surface area contributed by atoms with Gasteiger partial charge >= 0.3 is 5.97 Å². The van der Waals surface area contributed by atoms with E-state index in [2.05, 4.69) is 17.4 Å². The number of hydrogen-bond donors (Lipinski definition) is 2. The highest BCUT2D eigenvalue weighted by molar-refractivity contribution is 5.75. The highest BCUT2D eigenvalue weighted by atomic mass is 16.5. The van der Waals surface area contributed by atoms with E-state index in [1.807, 2.05) is 26.0 Å². The van der Waals surface area contributed by atoms with Crippen molar-refractivity contribution >= 4 is 5.97 Å². The summed E-state index contributed by atoms with van der Waals surface area (Å²) < 4.78 is 5.86. The monoisotopic (exact) mass is 291 g/mol. The number of fused-ring (bicyclic) bond motifs is 1. The van der Waals surface area contributed by atoms with E-state index in [1.165, 1.54) is 11.1 Å². The average Bonchev–Trinajstić information content (AvgIpc) is 2.44. The Hall–Kier alpha value is -1.39. The molecule has 1 aliphatic rings. The third kappa shape index (κ3) is 3.11. The minimum absolute atomic E-state index is 0.0150. The van der Waals surface area contributed by atoms with E-state index >= 15 is 0 Å². The summed E-state index contributed by atoms with van der Waals surface area (Å²) in [6, 6.07) is 8.30. The van der Waals surface area contributed by atoms with E-state index in [0.717, 1.165) is 6.42 Å². The molecule has 116 valence electrons. The largest absolute Gasteiger partial charge is 0.481 e. The summed E-state index contributed by atoms with van der Waals surface area (Å²) in [4.78, 5) is 11.4. The van der Waals surface area contributed by atoms with Gasteiger partial charge in [-0.15, -0.1) is 0 Å². The summed E-state index contributed by atoms with van der Waals surface area (Å²) in [7, 11) is 0. The fraction of sp³-hybridized carbons (Fsp3) is 0.588. The fourth-order valence-corrected chi connectivity index (χ4v) is 2.48. The van der Waals surface area contributed by atoms with Gasteiger partial charge in [-0.2, -0.15) is 0 Å². The molecular weight excluding hydrogens is 266 g/mol. The molecule has 0 fully saturated rings. The van der Waals surface area contributed by atoms with Crippen LogP contribution in [0.25, 0.3) is 0 Å². The number of nitrogens with one attached hydrogen (secondary N) is 1. The van der Waals surface area contributed by atoms with Crippen LogP contribution in [-0.4, -0.2) is 29.8 Å². The van der Waals surface area contributed by atoms with Crippen LogP contribution in [0.2, 0.25) is 0 Å². The minimum Gasteiger partial charge on any atom is -0.481 e. The predicted octanol–water partition coefficient (Wildman–Crippen LogP) is 2.78. The minimum atomic E-state index is -0.860. The number of carbonyl (C=O) groups is 1. The van der Waals surface area contributed by atoms with Crippen LogP contribution in [0.1, 0.15) is 44.9 Å². The molecule has 0 saturated heterocycles. The molecule has 1 aromatic rings. The van der Waals surface area contributed by atoms with E-state index in [1.54, 1.807) is 13.8 Å². The third-order valence-electron chi connectivity index (χ3n) is 4.92. The lowest BCUT2D eigenvalue weighted by Crippen LogP contribution is -2.56. The molecule has 0 spiro atoms. The standard InChI is InChI=1S/C17H25NO3/c1-16(2,15(19)20)17(3,4)18-11-14-13-8-6-5-7-12(13)9-10-21-14/h5-8,14,18H,9-11H2,1-4H3,(H,19,20). The number of benzene rings is 1. The normalized spacial score (nSPS) is 19.1. The number of carboxylic acids is 1. The zero-order chi connectivity index (χ0) is 15.7. The zero-order valence-electron chi connectivity index (χ0n) is 13.3. The molecule has 0 aliphatic carbocycles. The average molecular weight is 291 g/mol. The second-order valence-electron chi connectivity index (χ2n) is 6.74. The van der Waals surface area contributed by atoms with Crippen LogP contribution >= 0.6 is 0 Å². The maximum Gasteiger partial charge on any atom is 0.310 e. The van der Waals surface area contributed by atoms with E-state index in [0.29, 0.717) is 13.2 Å². The third-order valence-corrected chi connectivity index (χ3v) is 4.92. The van der Waals surface area contributed by atoms with Crippen molar-refractivity contribution in [3.63, 3.8) is 0 Å². The van der Waals surface area contributed by atoms with Crippen molar-refractivity contribution in [1.82, 2.24) is 5.32 Å². The van der Waals surface area contributed by atoms with Gasteiger partial charge in [0, 0.05) is 12.1 Å². The smallest absolute Gasteiger partial charge is 0.310 e. The van der Waals surface area contributed by atoms with Crippen molar-refractivity contribution < 1.29 is 14.6 Å². The Labute approximate surface area is 126 Å². The first-order valence-corrected chi connectivity index (χ1v) is 7.43. The number of aliphatic carboxylic acids is 1. The molecule has 4 heteroatoms. The molecule has 2 N–H and O–H groups in total. The Morgan fingerprint density at radius 3 is 2.67 bits per heavy atom. The van der Waals surface area contributed by atoms with Crippen LogP contribution < -0.4 is 5.32 Å². The van der Waals surface area contributed by atoms with Crippen molar-refractivity contribution in [1.29, 1.82) is 0 Å². The summed E-state index contributed by atoms with van der Waals surface area (Å²) in [5.74, 6) is -0.801. The Bertz CT molecular complexity index is 523. The molecule has 2 rings (SSSR count). The van der Waals surface area contributed by atoms with Gasteiger partial charge < -0.3 is 15.2 Å². The summed E-state index contributed by atoms with van der Waals surface area (Å²) in [5.41, 5.74) is 1.14. The molecule has 0 bridgehead atoms. The summed E-state index contributed by atoms with van der Waals surface area (Å²) >= 11 is 0. The Balaban J connectivity index is 2.09. The van der Waals surface area contributed by atoms with Crippen LogP contribution in [-0.2, 0) is 16.0 Å². The van der Waals surface area contributed by atoms with E-state index in [-0.39, 0.29) is 6.10 Å². The first-order chi connectivity index (χ1) is 9.75. The Kier molecular flexibility index (Phi) is 4.40. The molecule has 0 radical (unpaired) electrons. The predicted molar refractivity (Wildman–Crippen MR) is 82.3 cm³/mol. The highest BCUT2D eigenvalue weighted by Crippen LogP contribution is 2.32. The maximum atomic E-state index is 11.4. The van der Waals surface area contributed by atoms with Crippen molar-refractivity contribution in [2.24, 2.45) is 5.41 Å². The quantitative estimate of drug-likeness (QED) is 0.876. The van der Waals surface area contributed by atoms with Gasteiger partial charge in [-0.25, -0.2) is 0 Å². The number of rotatable bonds is 5. The highest BCUT2D eigenvalue weighted by Gasteiger charge is 2.43. The van der Waals surface area contributed by atoms with Gasteiger partial charge in [0.05, 0.1) is 18.1 Å². The van der Waals surface area contributed by atoms with Crippen molar-refractivity contribution in [3.05, 3.63) is 35.4 Å². The van der Waals surface area contributed by atoms with Crippen LogP contribution in [0.4, 0.5) is 0 Å². The van der Waals surface area contributed by atoms with Gasteiger partial charge in [0.2, 0.25) is 0 Å². The van der Waals surface area contributed by atoms with Gasteiger partial charge in [-0.3, -0.25) is 4.79 Å². The lowest BCUT2D eigenvalue weighted by Gasteiger charge is -2.40. The summed E-state index contributed by atoms with van der Waals surface area (Å²) in [5, 5.41) is 12.8. The van der Waals surface area contributed by atoms with Crippen LogP contribution in [0, 0.1) is 5.41 Å². The Morgan fingerprint density at radius 1 is 1.33 bits per heavy atom. The zero-order valence-corrected chi connectivity index (χ0v) is 13.3. The molecule has 21 heavy (non-hydrogen) atoms. The molecule has 0 amide bonds. The van der Waals surface area contributed by atoms with Crippen molar-refractivity contribution in [2.75, 3.05) is 13.2 Å². The molecule has 1 aromatic carbocycles. The second kappa shape index (κ2) is 5.78. The fourth-order valence-electron chi connectivity index (χ4n) is 2.48. The summed E-state index contributed by atoms with van der Waals surface area (Å²) in [6.07, 6.45) is 0.926. The van der Waals surface area contributed by atoms with Crippen molar-refractivity contribution in [2.45, 2.75) is 45.8 Å². The maximum absolute atomic E-state index is 11.4. The lowest BCUT2D eigenvalue weighted by atomic mass is 9.74. The van der Waals surface area contributed by atoms with Gasteiger partial charge in [-0.05, 0) is 45.2 Å².